The van der Waals surface area contributed by atoms with Crippen molar-refractivity contribution < 1.29 is 4.42 Å². The summed E-state index contributed by atoms with van der Waals surface area (Å²) in [6.07, 6.45) is 0. The molecule has 10 rings (SSSR count). The van der Waals surface area contributed by atoms with Gasteiger partial charge in [-0.25, -0.2) is 15.0 Å². The molecule has 0 aliphatic carbocycles. The van der Waals surface area contributed by atoms with Gasteiger partial charge in [0.15, 0.2) is 17.5 Å². The van der Waals surface area contributed by atoms with E-state index in [0.717, 1.165) is 65.6 Å². The molecule has 0 aliphatic rings. The Kier molecular flexibility index (Phi) is 6.64. The molecule has 4 nitrogen and oxygen atoms in total. The maximum Gasteiger partial charge on any atom is 0.165 e. The van der Waals surface area contributed by atoms with E-state index in [1.807, 2.05) is 12.1 Å². The third-order valence-corrected chi connectivity index (χ3v) is 10.6. The number of nitrogens with zero attached hydrogens (tertiary/aromatic N) is 3. The molecule has 0 unspecified atom stereocenters. The lowest BCUT2D eigenvalue weighted by atomic mass is 10.0. The Hall–Kier alpha value is -6.43. The van der Waals surface area contributed by atoms with Gasteiger partial charge in [-0.1, -0.05) is 133 Å². The zero-order valence-corrected chi connectivity index (χ0v) is 27.6. The van der Waals surface area contributed by atoms with Gasteiger partial charge in [0.2, 0.25) is 0 Å². The molecule has 7 aromatic carbocycles. The summed E-state index contributed by atoms with van der Waals surface area (Å²) >= 11 is 1.77. The molecule has 0 saturated heterocycles. The van der Waals surface area contributed by atoms with E-state index in [9.17, 15) is 0 Å². The summed E-state index contributed by atoms with van der Waals surface area (Å²) in [4.78, 5) is 15.4. The van der Waals surface area contributed by atoms with Crippen LogP contribution in [-0.2, 0) is 0 Å². The van der Waals surface area contributed by atoms with E-state index in [1.54, 1.807) is 11.3 Å². The van der Waals surface area contributed by atoms with Crippen molar-refractivity contribution in [2.75, 3.05) is 0 Å². The summed E-state index contributed by atoms with van der Waals surface area (Å²) in [5.74, 6) is 1.86. The van der Waals surface area contributed by atoms with Crippen LogP contribution in [0.1, 0.15) is 0 Å². The number of thiophene rings is 1. The monoisotopic (exact) mass is 657 g/mol. The highest BCUT2D eigenvalue weighted by Crippen LogP contribution is 2.41. The summed E-state index contributed by atoms with van der Waals surface area (Å²) in [5, 5.41) is 4.58. The van der Waals surface area contributed by atoms with Crippen LogP contribution in [0.25, 0.3) is 98.5 Å². The predicted octanol–water partition coefficient (Wildman–Crippen LogP) is 12.5. The Labute approximate surface area is 292 Å². The zero-order chi connectivity index (χ0) is 33.0. The lowest BCUT2D eigenvalue weighted by Crippen LogP contribution is -2.00. The van der Waals surface area contributed by atoms with Crippen LogP contribution in [0.4, 0.5) is 0 Å². The first-order valence-corrected chi connectivity index (χ1v) is 17.4. The van der Waals surface area contributed by atoms with E-state index in [0.29, 0.717) is 17.5 Å². The van der Waals surface area contributed by atoms with Gasteiger partial charge in [0, 0.05) is 53.2 Å². The standard InChI is InChI=1S/C45H27N3OS/c1-3-12-28(13-4-1)30-16-9-17-31(26-30)43-46-44(48-45(47-43)38-22-11-21-37-35-18-7-8-23-40(35)50-42(37)38)32-24-25-34-36-20-10-19-33(29-14-5-2-6-15-29)41(36)49-39(34)27-32/h1-27H. The van der Waals surface area contributed by atoms with Gasteiger partial charge in [-0.3, -0.25) is 0 Å². The summed E-state index contributed by atoms with van der Waals surface area (Å²) in [6.45, 7) is 0. The molecular formula is C45H27N3OS. The zero-order valence-electron chi connectivity index (χ0n) is 26.7. The lowest BCUT2D eigenvalue weighted by molar-refractivity contribution is 0.670. The molecule has 0 bridgehead atoms. The van der Waals surface area contributed by atoms with Crippen molar-refractivity contribution in [3.63, 3.8) is 0 Å². The van der Waals surface area contributed by atoms with Crippen LogP contribution in [0.5, 0.6) is 0 Å². The van der Waals surface area contributed by atoms with Crippen LogP contribution < -0.4 is 0 Å². The second kappa shape index (κ2) is 11.6. The van der Waals surface area contributed by atoms with Crippen molar-refractivity contribution >= 4 is 53.4 Å². The topological polar surface area (TPSA) is 51.8 Å². The Balaban J connectivity index is 1.18. The van der Waals surface area contributed by atoms with Gasteiger partial charge in [-0.15, -0.1) is 11.3 Å². The first-order valence-electron chi connectivity index (χ1n) is 16.6. The Morgan fingerprint density at radius 3 is 1.80 bits per heavy atom. The number of hydrogen-bond acceptors (Lipinski definition) is 5. The molecule has 0 N–H and O–H groups in total. The highest BCUT2D eigenvalue weighted by atomic mass is 32.1. The van der Waals surface area contributed by atoms with Gasteiger partial charge in [0.05, 0.1) is 0 Å². The van der Waals surface area contributed by atoms with E-state index in [2.05, 4.69) is 152 Å². The second-order valence-electron chi connectivity index (χ2n) is 12.4. The van der Waals surface area contributed by atoms with E-state index in [1.165, 1.54) is 15.5 Å². The minimum Gasteiger partial charge on any atom is -0.455 e. The highest BCUT2D eigenvalue weighted by molar-refractivity contribution is 7.26. The Morgan fingerprint density at radius 1 is 0.380 bits per heavy atom. The van der Waals surface area contributed by atoms with Crippen LogP contribution in [-0.4, -0.2) is 15.0 Å². The van der Waals surface area contributed by atoms with E-state index < -0.39 is 0 Å². The van der Waals surface area contributed by atoms with Crippen LogP contribution in [0, 0.1) is 0 Å². The van der Waals surface area contributed by atoms with E-state index >= 15 is 0 Å². The van der Waals surface area contributed by atoms with E-state index in [-0.39, 0.29) is 0 Å². The summed E-state index contributed by atoms with van der Waals surface area (Å²) in [5.41, 5.74) is 8.89. The number of fused-ring (bicyclic) bond motifs is 6. The molecule has 0 spiro atoms. The van der Waals surface area contributed by atoms with Gasteiger partial charge in [0.1, 0.15) is 11.2 Å². The normalized spacial score (nSPS) is 11.6. The molecular weight excluding hydrogens is 631 g/mol. The Bertz CT molecular complexity index is 2870. The number of hydrogen-bond donors (Lipinski definition) is 0. The van der Waals surface area contributed by atoms with Gasteiger partial charge in [-0.05, 0) is 47.0 Å². The number of para-hydroxylation sites is 1. The number of rotatable bonds is 5. The van der Waals surface area contributed by atoms with Crippen molar-refractivity contribution in [3.8, 4) is 56.4 Å². The molecule has 234 valence electrons. The molecule has 0 aliphatic heterocycles. The maximum atomic E-state index is 6.62. The SMILES string of the molecule is c1ccc(-c2cccc(-c3nc(-c4ccc5c(c4)oc4c(-c6ccccc6)cccc45)nc(-c4cccc5c4sc4ccccc45)n3)c2)cc1. The number of furan rings is 1. The first-order chi connectivity index (χ1) is 24.8. The minimum absolute atomic E-state index is 0.596. The van der Waals surface area contributed by atoms with Gasteiger partial charge in [-0.2, -0.15) is 0 Å². The van der Waals surface area contributed by atoms with Crippen LogP contribution in [0.2, 0.25) is 0 Å². The molecule has 0 radical (unpaired) electrons. The molecule has 5 heteroatoms. The molecule has 3 heterocycles. The quantitative estimate of drug-likeness (QED) is 0.185. The number of aromatic nitrogens is 3. The average molecular weight is 658 g/mol. The summed E-state index contributed by atoms with van der Waals surface area (Å²) < 4.78 is 9.02. The smallest absolute Gasteiger partial charge is 0.165 e. The van der Waals surface area contributed by atoms with Crippen molar-refractivity contribution in [3.05, 3.63) is 164 Å². The molecule has 0 fully saturated rings. The third kappa shape index (κ3) is 4.79. The van der Waals surface area contributed by atoms with Gasteiger partial charge >= 0.3 is 0 Å². The van der Waals surface area contributed by atoms with Crippen LogP contribution in [0.3, 0.4) is 0 Å². The fourth-order valence-electron chi connectivity index (χ4n) is 6.93. The molecule has 3 aromatic heterocycles. The molecule has 0 saturated carbocycles. The minimum atomic E-state index is 0.596. The van der Waals surface area contributed by atoms with Crippen molar-refractivity contribution in [2.24, 2.45) is 0 Å². The first kappa shape index (κ1) is 28.6. The third-order valence-electron chi connectivity index (χ3n) is 9.35. The number of benzene rings is 7. The van der Waals surface area contributed by atoms with Crippen LogP contribution in [0.15, 0.2) is 168 Å². The molecule has 0 atom stereocenters. The lowest BCUT2D eigenvalue weighted by Gasteiger charge is -2.10. The van der Waals surface area contributed by atoms with Crippen LogP contribution >= 0.6 is 11.3 Å². The fraction of sp³-hybridized carbons (Fsp3) is 0. The average Bonchev–Trinajstić information content (AvgIpc) is 3.77. The van der Waals surface area contributed by atoms with E-state index in [4.69, 9.17) is 19.4 Å². The summed E-state index contributed by atoms with van der Waals surface area (Å²) in [6, 6.07) is 56.8. The van der Waals surface area contributed by atoms with Gasteiger partial charge < -0.3 is 4.42 Å². The van der Waals surface area contributed by atoms with Crippen molar-refractivity contribution in [1.29, 1.82) is 0 Å². The predicted molar refractivity (Wildman–Crippen MR) is 207 cm³/mol. The van der Waals surface area contributed by atoms with Crippen molar-refractivity contribution in [1.82, 2.24) is 15.0 Å². The maximum absolute atomic E-state index is 6.62. The molecule has 0 amide bonds. The Morgan fingerprint density at radius 2 is 0.980 bits per heavy atom. The fourth-order valence-corrected chi connectivity index (χ4v) is 8.14. The largest absolute Gasteiger partial charge is 0.455 e. The van der Waals surface area contributed by atoms with Gasteiger partial charge in [0.25, 0.3) is 0 Å². The molecule has 10 aromatic rings. The molecule has 50 heavy (non-hydrogen) atoms. The van der Waals surface area contributed by atoms with Crippen molar-refractivity contribution in [2.45, 2.75) is 0 Å². The second-order valence-corrected chi connectivity index (χ2v) is 13.4. The summed E-state index contributed by atoms with van der Waals surface area (Å²) in [7, 11) is 0. The highest BCUT2D eigenvalue weighted by Gasteiger charge is 2.19.